The molecule has 2 heterocycles. The minimum absolute atomic E-state index is 0.579. The van der Waals surface area contributed by atoms with E-state index in [1.807, 2.05) is 6.20 Å². The van der Waals surface area contributed by atoms with Crippen LogP contribution in [0.2, 0.25) is 0 Å². The Kier molecular flexibility index (Phi) is 3.61. The van der Waals surface area contributed by atoms with Gasteiger partial charge in [0.05, 0.1) is 6.33 Å². The molecule has 2 rings (SSSR count). The number of aromatic amines is 1. The van der Waals surface area contributed by atoms with Crippen molar-refractivity contribution in [3.63, 3.8) is 0 Å². The van der Waals surface area contributed by atoms with Gasteiger partial charge in [0.2, 0.25) is 0 Å². The van der Waals surface area contributed by atoms with Crippen molar-refractivity contribution in [2.75, 3.05) is 20.1 Å². The van der Waals surface area contributed by atoms with Gasteiger partial charge in [-0.1, -0.05) is 13.8 Å². The average Bonchev–Trinajstić information content (AvgIpc) is 2.73. The van der Waals surface area contributed by atoms with E-state index in [9.17, 15) is 0 Å². The summed E-state index contributed by atoms with van der Waals surface area (Å²) in [6, 6.07) is 1.21. The largest absolute Gasteiger partial charge is 0.348 e. The molecule has 0 radical (unpaired) electrons. The van der Waals surface area contributed by atoms with Crippen LogP contribution < -0.4 is 5.32 Å². The van der Waals surface area contributed by atoms with Crippen LogP contribution in [0.5, 0.6) is 0 Å². The minimum atomic E-state index is 0.579. The number of aromatic nitrogens is 2. The van der Waals surface area contributed by atoms with Gasteiger partial charge in [-0.3, -0.25) is 0 Å². The number of nitrogens with one attached hydrogen (secondary N) is 2. The standard InChI is InChI=1S/C12H22N4/c1-9(2)12-7-16(3)11(6-14-12)4-10-5-13-8-15-10/h5,8-9,11-12,14H,4,6-7H2,1-3H3,(H,13,15)/t11-,12+/m0/s1. The minimum Gasteiger partial charge on any atom is -0.348 e. The van der Waals surface area contributed by atoms with Crippen molar-refractivity contribution in [3.05, 3.63) is 18.2 Å². The number of H-pyrrole nitrogens is 1. The van der Waals surface area contributed by atoms with Crippen LogP contribution in [-0.2, 0) is 6.42 Å². The summed E-state index contributed by atoms with van der Waals surface area (Å²) in [4.78, 5) is 9.70. The maximum absolute atomic E-state index is 4.06. The van der Waals surface area contributed by atoms with Crippen molar-refractivity contribution in [1.82, 2.24) is 20.2 Å². The zero-order valence-corrected chi connectivity index (χ0v) is 10.4. The molecule has 0 unspecified atom stereocenters. The monoisotopic (exact) mass is 222 g/mol. The quantitative estimate of drug-likeness (QED) is 0.798. The van der Waals surface area contributed by atoms with Crippen molar-refractivity contribution in [2.45, 2.75) is 32.4 Å². The van der Waals surface area contributed by atoms with E-state index in [1.165, 1.54) is 5.69 Å². The lowest BCUT2D eigenvalue weighted by Crippen LogP contribution is -2.57. The Labute approximate surface area is 97.4 Å². The van der Waals surface area contributed by atoms with Gasteiger partial charge in [0.25, 0.3) is 0 Å². The van der Waals surface area contributed by atoms with Crippen molar-refractivity contribution < 1.29 is 0 Å². The van der Waals surface area contributed by atoms with Gasteiger partial charge in [-0.05, 0) is 13.0 Å². The molecule has 0 aromatic carbocycles. The molecular weight excluding hydrogens is 200 g/mol. The van der Waals surface area contributed by atoms with Crippen LogP contribution in [0, 0.1) is 5.92 Å². The third-order valence-electron chi connectivity index (χ3n) is 3.54. The Hall–Kier alpha value is -0.870. The highest BCUT2D eigenvalue weighted by molar-refractivity contribution is 5.00. The van der Waals surface area contributed by atoms with E-state index in [-0.39, 0.29) is 0 Å². The molecule has 0 bridgehead atoms. The number of imidazole rings is 1. The van der Waals surface area contributed by atoms with Crippen LogP contribution in [0.25, 0.3) is 0 Å². The lowest BCUT2D eigenvalue weighted by atomic mass is 9.98. The highest BCUT2D eigenvalue weighted by atomic mass is 15.2. The van der Waals surface area contributed by atoms with Crippen LogP contribution in [-0.4, -0.2) is 47.1 Å². The molecule has 1 fully saturated rings. The van der Waals surface area contributed by atoms with Gasteiger partial charge in [0.1, 0.15) is 0 Å². The Morgan fingerprint density at radius 2 is 2.38 bits per heavy atom. The van der Waals surface area contributed by atoms with Gasteiger partial charge in [0, 0.05) is 43.5 Å². The molecule has 2 atom stereocenters. The fourth-order valence-corrected chi connectivity index (χ4v) is 2.29. The van der Waals surface area contributed by atoms with E-state index < -0.39 is 0 Å². The fourth-order valence-electron chi connectivity index (χ4n) is 2.29. The number of hydrogen-bond acceptors (Lipinski definition) is 3. The second kappa shape index (κ2) is 4.97. The Morgan fingerprint density at radius 3 is 2.94 bits per heavy atom. The zero-order valence-electron chi connectivity index (χ0n) is 10.4. The summed E-state index contributed by atoms with van der Waals surface area (Å²) in [5.41, 5.74) is 1.22. The van der Waals surface area contributed by atoms with Gasteiger partial charge >= 0.3 is 0 Å². The van der Waals surface area contributed by atoms with Crippen LogP contribution in [0.15, 0.2) is 12.5 Å². The summed E-state index contributed by atoms with van der Waals surface area (Å²) >= 11 is 0. The van der Waals surface area contributed by atoms with Gasteiger partial charge in [-0.25, -0.2) is 4.98 Å². The van der Waals surface area contributed by atoms with Crippen molar-refractivity contribution in [2.24, 2.45) is 5.92 Å². The second-order valence-corrected chi connectivity index (χ2v) is 5.13. The SMILES string of the molecule is CC(C)[C@H]1CN(C)[C@@H](Cc2cnc[nH]2)CN1. The Balaban J connectivity index is 1.89. The van der Waals surface area contributed by atoms with E-state index in [2.05, 4.69) is 41.1 Å². The maximum Gasteiger partial charge on any atom is 0.0921 e. The van der Waals surface area contributed by atoms with Crippen LogP contribution in [0.4, 0.5) is 0 Å². The summed E-state index contributed by atoms with van der Waals surface area (Å²) < 4.78 is 0. The highest BCUT2D eigenvalue weighted by Crippen LogP contribution is 2.13. The molecule has 1 saturated heterocycles. The van der Waals surface area contributed by atoms with Crippen molar-refractivity contribution >= 4 is 0 Å². The summed E-state index contributed by atoms with van der Waals surface area (Å²) in [6.07, 6.45) is 4.72. The Morgan fingerprint density at radius 1 is 1.56 bits per heavy atom. The average molecular weight is 222 g/mol. The highest BCUT2D eigenvalue weighted by Gasteiger charge is 2.26. The predicted octanol–water partition coefficient (Wildman–Crippen LogP) is 0.880. The van der Waals surface area contributed by atoms with Gasteiger partial charge in [-0.15, -0.1) is 0 Å². The molecule has 1 aliphatic rings. The smallest absolute Gasteiger partial charge is 0.0921 e. The first-order valence-electron chi connectivity index (χ1n) is 6.07. The van der Waals surface area contributed by atoms with Crippen LogP contribution >= 0.6 is 0 Å². The molecule has 0 spiro atoms. The number of hydrogen-bond donors (Lipinski definition) is 2. The fraction of sp³-hybridized carbons (Fsp3) is 0.750. The van der Waals surface area contributed by atoms with Crippen LogP contribution in [0.3, 0.4) is 0 Å². The normalized spacial score (nSPS) is 27.5. The second-order valence-electron chi connectivity index (χ2n) is 5.13. The number of rotatable bonds is 3. The maximum atomic E-state index is 4.06. The third kappa shape index (κ3) is 2.62. The molecule has 1 aromatic rings. The number of likely N-dealkylation sites (N-methyl/N-ethyl adjacent to an activating group) is 1. The summed E-state index contributed by atoms with van der Waals surface area (Å²) in [6.45, 7) is 6.76. The van der Waals surface area contributed by atoms with Gasteiger partial charge in [0.15, 0.2) is 0 Å². The molecule has 1 aromatic heterocycles. The molecule has 16 heavy (non-hydrogen) atoms. The molecule has 0 aliphatic carbocycles. The van der Waals surface area contributed by atoms with E-state index in [0.717, 1.165) is 19.5 Å². The molecule has 90 valence electrons. The van der Waals surface area contributed by atoms with E-state index >= 15 is 0 Å². The van der Waals surface area contributed by atoms with Gasteiger partial charge < -0.3 is 15.2 Å². The first-order chi connectivity index (χ1) is 7.66. The first kappa shape index (κ1) is 11.6. The van der Waals surface area contributed by atoms with Crippen LogP contribution in [0.1, 0.15) is 19.5 Å². The van der Waals surface area contributed by atoms with E-state index in [0.29, 0.717) is 18.0 Å². The third-order valence-corrected chi connectivity index (χ3v) is 3.54. The molecule has 1 aliphatic heterocycles. The Bertz CT molecular complexity index is 307. The van der Waals surface area contributed by atoms with Gasteiger partial charge in [-0.2, -0.15) is 0 Å². The molecule has 4 heteroatoms. The number of nitrogens with zero attached hydrogens (tertiary/aromatic N) is 2. The molecule has 2 N–H and O–H groups in total. The molecular formula is C12H22N4. The van der Waals surface area contributed by atoms with Crippen molar-refractivity contribution in [1.29, 1.82) is 0 Å². The zero-order chi connectivity index (χ0) is 11.5. The molecule has 0 saturated carbocycles. The van der Waals surface area contributed by atoms with Crippen molar-refractivity contribution in [3.8, 4) is 0 Å². The molecule has 0 amide bonds. The predicted molar refractivity (Wildman–Crippen MR) is 65.3 cm³/mol. The topological polar surface area (TPSA) is 44.0 Å². The van der Waals surface area contributed by atoms with E-state index in [4.69, 9.17) is 0 Å². The summed E-state index contributed by atoms with van der Waals surface area (Å²) in [7, 11) is 2.22. The first-order valence-corrected chi connectivity index (χ1v) is 6.07. The van der Waals surface area contributed by atoms with E-state index in [1.54, 1.807) is 6.33 Å². The number of piperazine rings is 1. The molecule has 4 nitrogen and oxygen atoms in total. The summed E-state index contributed by atoms with van der Waals surface area (Å²) in [5.74, 6) is 0.704. The lowest BCUT2D eigenvalue weighted by molar-refractivity contribution is 0.141. The summed E-state index contributed by atoms with van der Waals surface area (Å²) in [5, 5.41) is 3.64. The lowest BCUT2D eigenvalue weighted by Gasteiger charge is -2.39.